The molecule has 7 heteroatoms. The fourth-order valence-electron chi connectivity index (χ4n) is 2.03. The molecule has 2 rings (SSSR count). The van der Waals surface area contributed by atoms with Crippen LogP contribution in [0.2, 0.25) is 0 Å². The molecule has 1 atom stereocenters. The summed E-state index contributed by atoms with van der Waals surface area (Å²) in [6.07, 6.45) is 0.794. The predicted molar refractivity (Wildman–Crippen MR) is 86.3 cm³/mol. The Morgan fingerprint density at radius 3 is 2.59 bits per heavy atom. The average molecular weight is 319 g/mol. The Bertz CT molecular complexity index is 642. The fourth-order valence-corrected chi connectivity index (χ4v) is 2.76. The molecule has 0 spiro atoms. The minimum absolute atomic E-state index is 0.0281. The summed E-state index contributed by atoms with van der Waals surface area (Å²) in [6, 6.07) is 12.9. The zero-order chi connectivity index (χ0) is 15.9. The molecule has 2 N–H and O–H groups in total. The van der Waals surface area contributed by atoms with Gasteiger partial charge in [0, 0.05) is 18.7 Å². The van der Waals surface area contributed by atoms with Gasteiger partial charge in [0.1, 0.15) is 0 Å². The SMILES string of the molecule is CN[C@H](CNC(=O)c1ccc([N+](=O)[O-])s1)Cc1ccccc1. The van der Waals surface area contributed by atoms with Crippen LogP contribution in [0.4, 0.5) is 5.00 Å². The van der Waals surface area contributed by atoms with Crippen molar-refractivity contribution in [2.75, 3.05) is 13.6 Å². The number of hydrogen-bond donors (Lipinski definition) is 2. The van der Waals surface area contributed by atoms with E-state index in [4.69, 9.17) is 0 Å². The van der Waals surface area contributed by atoms with Crippen LogP contribution in [0.3, 0.4) is 0 Å². The van der Waals surface area contributed by atoms with Gasteiger partial charge in [0.15, 0.2) is 0 Å². The van der Waals surface area contributed by atoms with Crippen molar-refractivity contribution in [1.29, 1.82) is 0 Å². The number of likely N-dealkylation sites (N-methyl/N-ethyl adjacent to an activating group) is 1. The Morgan fingerprint density at radius 2 is 2.00 bits per heavy atom. The van der Waals surface area contributed by atoms with Crippen LogP contribution in [0.1, 0.15) is 15.2 Å². The molecular formula is C15H17N3O3S. The number of carbonyl (C=O) groups excluding carboxylic acids is 1. The Hall–Kier alpha value is -2.25. The van der Waals surface area contributed by atoms with E-state index >= 15 is 0 Å². The second-order valence-corrected chi connectivity index (χ2v) is 5.84. The van der Waals surface area contributed by atoms with Gasteiger partial charge in [0.05, 0.1) is 9.80 Å². The van der Waals surface area contributed by atoms with Crippen LogP contribution < -0.4 is 10.6 Å². The predicted octanol–water partition coefficient (Wildman–Crippen LogP) is 2.22. The molecule has 2 aromatic rings. The fraction of sp³-hybridized carbons (Fsp3) is 0.267. The van der Waals surface area contributed by atoms with Crippen molar-refractivity contribution < 1.29 is 9.72 Å². The molecule has 22 heavy (non-hydrogen) atoms. The number of hydrogen-bond acceptors (Lipinski definition) is 5. The third-order valence-electron chi connectivity index (χ3n) is 3.24. The quantitative estimate of drug-likeness (QED) is 0.605. The first-order valence-corrected chi connectivity index (χ1v) is 7.65. The second-order valence-electron chi connectivity index (χ2n) is 4.78. The molecule has 0 bridgehead atoms. The Balaban J connectivity index is 1.89. The largest absolute Gasteiger partial charge is 0.350 e. The van der Waals surface area contributed by atoms with Gasteiger partial charge < -0.3 is 10.6 Å². The van der Waals surface area contributed by atoms with Gasteiger partial charge in [-0.25, -0.2) is 0 Å². The maximum atomic E-state index is 12.0. The van der Waals surface area contributed by atoms with Crippen LogP contribution in [0.15, 0.2) is 42.5 Å². The standard InChI is InChI=1S/C15H17N3O3S/c1-16-12(9-11-5-3-2-4-6-11)10-17-15(19)13-7-8-14(22-13)18(20)21/h2-8,12,16H,9-10H2,1H3,(H,17,19)/t12-/m0/s1. The summed E-state index contributed by atoms with van der Waals surface area (Å²) < 4.78 is 0. The van der Waals surface area contributed by atoms with Crippen LogP contribution >= 0.6 is 11.3 Å². The highest BCUT2D eigenvalue weighted by Crippen LogP contribution is 2.23. The third kappa shape index (κ3) is 4.37. The summed E-state index contributed by atoms with van der Waals surface area (Å²) in [6.45, 7) is 0.454. The number of nitro groups is 1. The van der Waals surface area contributed by atoms with Gasteiger partial charge in [0.25, 0.3) is 5.91 Å². The highest BCUT2D eigenvalue weighted by atomic mass is 32.1. The van der Waals surface area contributed by atoms with Crippen molar-refractivity contribution in [3.8, 4) is 0 Å². The first-order valence-electron chi connectivity index (χ1n) is 6.83. The van der Waals surface area contributed by atoms with Crippen LogP contribution in [0.5, 0.6) is 0 Å². The Morgan fingerprint density at radius 1 is 1.27 bits per heavy atom. The molecule has 0 aliphatic heterocycles. The average Bonchev–Trinajstić information content (AvgIpc) is 3.02. The number of rotatable bonds is 7. The lowest BCUT2D eigenvalue weighted by Gasteiger charge is -2.16. The molecule has 0 saturated heterocycles. The molecule has 1 amide bonds. The van der Waals surface area contributed by atoms with E-state index in [9.17, 15) is 14.9 Å². The Labute approximate surface area is 132 Å². The van der Waals surface area contributed by atoms with Gasteiger partial charge in [-0.15, -0.1) is 0 Å². The van der Waals surface area contributed by atoms with Crippen molar-refractivity contribution in [1.82, 2.24) is 10.6 Å². The van der Waals surface area contributed by atoms with Gasteiger partial charge in [0.2, 0.25) is 0 Å². The molecule has 0 unspecified atom stereocenters. The lowest BCUT2D eigenvalue weighted by Crippen LogP contribution is -2.40. The van der Waals surface area contributed by atoms with E-state index < -0.39 is 4.92 Å². The van der Waals surface area contributed by atoms with Crippen molar-refractivity contribution in [3.63, 3.8) is 0 Å². The van der Waals surface area contributed by atoms with Crippen molar-refractivity contribution in [2.24, 2.45) is 0 Å². The molecule has 116 valence electrons. The van der Waals surface area contributed by atoms with E-state index in [1.54, 1.807) is 0 Å². The smallest absolute Gasteiger partial charge is 0.324 e. The molecule has 1 aromatic carbocycles. The van der Waals surface area contributed by atoms with Gasteiger partial charge >= 0.3 is 5.00 Å². The van der Waals surface area contributed by atoms with Crippen LogP contribution in [-0.4, -0.2) is 30.5 Å². The van der Waals surface area contributed by atoms with Crippen LogP contribution in [-0.2, 0) is 6.42 Å². The molecule has 1 aromatic heterocycles. The highest BCUT2D eigenvalue weighted by molar-refractivity contribution is 7.17. The lowest BCUT2D eigenvalue weighted by atomic mass is 10.1. The van der Waals surface area contributed by atoms with E-state index in [1.165, 1.54) is 17.7 Å². The zero-order valence-corrected chi connectivity index (χ0v) is 12.9. The molecule has 1 heterocycles. The summed E-state index contributed by atoms with van der Waals surface area (Å²) in [5.74, 6) is -0.286. The topological polar surface area (TPSA) is 84.3 Å². The number of benzene rings is 1. The maximum absolute atomic E-state index is 12.0. The van der Waals surface area contributed by atoms with E-state index in [0.29, 0.717) is 11.4 Å². The van der Waals surface area contributed by atoms with Crippen molar-refractivity contribution in [2.45, 2.75) is 12.5 Å². The normalized spacial score (nSPS) is 11.9. The van der Waals surface area contributed by atoms with Gasteiger partial charge in [-0.05, 0) is 25.1 Å². The minimum atomic E-state index is -0.493. The van der Waals surface area contributed by atoms with Crippen LogP contribution in [0, 0.1) is 10.1 Å². The molecule has 0 radical (unpaired) electrons. The minimum Gasteiger partial charge on any atom is -0.350 e. The molecular weight excluding hydrogens is 302 g/mol. The lowest BCUT2D eigenvalue weighted by molar-refractivity contribution is -0.380. The van der Waals surface area contributed by atoms with E-state index in [2.05, 4.69) is 10.6 Å². The summed E-state index contributed by atoms with van der Waals surface area (Å²) in [4.78, 5) is 22.5. The summed E-state index contributed by atoms with van der Waals surface area (Å²) in [7, 11) is 1.84. The molecule has 0 aliphatic rings. The number of nitrogens with one attached hydrogen (secondary N) is 2. The summed E-state index contributed by atoms with van der Waals surface area (Å²) in [5.41, 5.74) is 1.18. The first-order chi connectivity index (χ1) is 10.6. The number of nitrogens with zero attached hydrogens (tertiary/aromatic N) is 1. The zero-order valence-electron chi connectivity index (χ0n) is 12.1. The monoisotopic (exact) mass is 319 g/mol. The van der Waals surface area contributed by atoms with E-state index in [0.717, 1.165) is 17.8 Å². The summed E-state index contributed by atoms with van der Waals surface area (Å²) in [5, 5.41) is 16.6. The maximum Gasteiger partial charge on any atom is 0.324 e. The highest BCUT2D eigenvalue weighted by Gasteiger charge is 2.16. The van der Waals surface area contributed by atoms with Gasteiger partial charge in [-0.3, -0.25) is 14.9 Å². The van der Waals surface area contributed by atoms with E-state index in [1.807, 2.05) is 37.4 Å². The van der Waals surface area contributed by atoms with Gasteiger partial charge in [-0.1, -0.05) is 41.7 Å². The van der Waals surface area contributed by atoms with Gasteiger partial charge in [-0.2, -0.15) is 0 Å². The summed E-state index contributed by atoms with van der Waals surface area (Å²) >= 11 is 0.881. The Kier molecular flexibility index (Phi) is 5.62. The third-order valence-corrected chi connectivity index (χ3v) is 4.27. The first kappa shape index (κ1) is 16.1. The van der Waals surface area contributed by atoms with Crippen molar-refractivity contribution >= 4 is 22.2 Å². The molecule has 0 fully saturated rings. The van der Waals surface area contributed by atoms with Crippen molar-refractivity contribution in [3.05, 3.63) is 63.0 Å². The molecule has 6 nitrogen and oxygen atoms in total. The molecule has 0 aliphatic carbocycles. The van der Waals surface area contributed by atoms with Crippen LogP contribution in [0.25, 0.3) is 0 Å². The number of thiophene rings is 1. The number of amides is 1. The number of carbonyl (C=O) groups is 1. The second kappa shape index (κ2) is 7.67. The molecule has 0 saturated carbocycles. The van der Waals surface area contributed by atoms with E-state index in [-0.39, 0.29) is 17.0 Å².